The van der Waals surface area contributed by atoms with Crippen LogP contribution in [0.15, 0.2) is 0 Å². The van der Waals surface area contributed by atoms with Crippen molar-refractivity contribution in [2.45, 2.75) is 63.5 Å². The number of aliphatic carboxylic acids is 1. The third kappa shape index (κ3) is 4.09. The molecule has 6 heteroatoms. The maximum Gasteiger partial charge on any atom is 0.326 e. The molecule has 20 heavy (non-hydrogen) atoms. The number of nitrogens with two attached hydrogens (primary N) is 1. The fourth-order valence-electron chi connectivity index (χ4n) is 3.38. The topological polar surface area (TPSA) is 83.6 Å². The van der Waals surface area contributed by atoms with E-state index in [1.807, 2.05) is 0 Å². The van der Waals surface area contributed by atoms with Crippen LogP contribution in [0.4, 0.5) is 0 Å². The Kier molecular flexibility index (Phi) is 6.76. The van der Waals surface area contributed by atoms with Crippen LogP contribution in [0.1, 0.15) is 51.4 Å². The summed E-state index contributed by atoms with van der Waals surface area (Å²) in [6.07, 6.45) is 8.08. The molecule has 1 saturated heterocycles. The SMILES string of the molecule is Cl.N[C@H](CC1CCCCC1)C(=O)N1CCC[C@H]1C(=O)O. The van der Waals surface area contributed by atoms with Crippen molar-refractivity contribution in [3.8, 4) is 0 Å². The summed E-state index contributed by atoms with van der Waals surface area (Å²) in [7, 11) is 0. The van der Waals surface area contributed by atoms with Crippen molar-refractivity contribution in [2.24, 2.45) is 11.7 Å². The molecule has 3 N–H and O–H groups in total. The van der Waals surface area contributed by atoms with Crippen molar-refractivity contribution in [3.63, 3.8) is 0 Å². The van der Waals surface area contributed by atoms with Gasteiger partial charge in [0.05, 0.1) is 6.04 Å². The predicted molar refractivity (Wildman–Crippen MR) is 78.8 cm³/mol. The van der Waals surface area contributed by atoms with Crippen LogP contribution in [0.5, 0.6) is 0 Å². The average Bonchev–Trinajstić information content (AvgIpc) is 2.88. The lowest BCUT2D eigenvalue weighted by molar-refractivity contribution is -0.148. The molecule has 0 aromatic carbocycles. The van der Waals surface area contributed by atoms with Crippen LogP contribution in [0.2, 0.25) is 0 Å². The van der Waals surface area contributed by atoms with Gasteiger partial charge in [-0.25, -0.2) is 4.79 Å². The molecule has 2 fully saturated rings. The maximum atomic E-state index is 12.3. The maximum absolute atomic E-state index is 12.3. The minimum Gasteiger partial charge on any atom is -0.480 e. The van der Waals surface area contributed by atoms with E-state index < -0.39 is 18.1 Å². The highest BCUT2D eigenvalue weighted by Crippen LogP contribution is 2.28. The van der Waals surface area contributed by atoms with E-state index in [-0.39, 0.29) is 18.3 Å². The Morgan fingerprint density at radius 2 is 1.80 bits per heavy atom. The van der Waals surface area contributed by atoms with E-state index in [0.29, 0.717) is 25.3 Å². The zero-order valence-corrected chi connectivity index (χ0v) is 12.6. The van der Waals surface area contributed by atoms with Gasteiger partial charge in [0.25, 0.3) is 0 Å². The van der Waals surface area contributed by atoms with Crippen LogP contribution >= 0.6 is 12.4 Å². The number of carbonyl (C=O) groups excluding carboxylic acids is 1. The van der Waals surface area contributed by atoms with E-state index in [9.17, 15) is 9.59 Å². The van der Waals surface area contributed by atoms with E-state index in [2.05, 4.69) is 0 Å². The van der Waals surface area contributed by atoms with Crippen LogP contribution < -0.4 is 5.73 Å². The predicted octanol–water partition coefficient (Wildman–Crippen LogP) is 1.78. The zero-order valence-electron chi connectivity index (χ0n) is 11.8. The third-order valence-electron chi connectivity index (χ3n) is 4.45. The number of likely N-dealkylation sites (tertiary alicyclic amines) is 1. The minimum absolute atomic E-state index is 0. The summed E-state index contributed by atoms with van der Waals surface area (Å²) >= 11 is 0. The molecule has 5 nitrogen and oxygen atoms in total. The molecule has 0 unspecified atom stereocenters. The second-order valence-corrected chi connectivity index (χ2v) is 5.87. The van der Waals surface area contributed by atoms with Crippen LogP contribution in [-0.2, 0) is 9.59 Å². The number of hydrogen-bond donors (Lipinski definition) is 2. The van der Waals surface area contributed by atoms with E-state index in [1.165, 1.54) is 24.2 Å². The lowest BCUT2D eigenvalue weighted by Crippen LogP contribution is -2.49. The number of carboxylic acids is 1. The lowest BCUT2D eigenvalue weighted by atomic mass is 9.84. The Labute approximate surface area is 126 Å². The molecule has 0 aromatic rings. The molecule has 1 saturated carbocycles. The molecule has 0 aromatic heterocycles. The molecule has 2 aliphatic rings. The first kappa shape index (κ1) is 17.2. The summed E-state index contributed by atoms with van der Waals surface area (Å²) in [5.74, 6) is -0.537. The van der Waals surface area contributed by atoms with E-state index in [1.54, 1.807) is 0 Å². The van der Waals surface area contributed by atoms with Crippen molar-refractivity contribution in [1.82, 2.24) is 4.90 Å². The van der Waals surface area contributed by atoms with Crippen molar-refractivity contribution >= 4 is 24.3 Å². The largest absolute Gasteiger partial charge is 0.480 e. The first-order chi connectivity index (χ1) is 9.09. The summed E-state index contributed by atoms with van der Waals surface area (Å²) in [6, 6.07) is -1.19. The first-order valence-corrected chi connectivity index (χ1v) is 7.38. The first-order valence-electron chi connectivity index (χ1n) is 7.38. The Morgan fingerprint density at radius 1 is 1.15 bits per heavy atom. The summed E-state index contributed by atoms with van der Waals surface area (Å²) in [4.78, 5) is 24.8. The minimum atomic E-state index is -0.907. The van der Waals surface area contributed by atoms with Gasteiger partial charge in [-0.05, 0) is 25.2 Å². The van der Waals surface area contributed by atoms with Crippen LogP contribution in [0.3, 0.4) is 0 Å². The van der Waals surface area contributed by atoms with Gasteiger partial charge < -0.3 is 15.7 Å². The summed E-state index contributed by atoms with van der Waals surface area (Å²) in [5.41, 5.74) is 6.01. The Bertz CT molecular complexity index is 345. The normalized spacial score (nSPS) is 25.1. The van der Waals surface area contributed by atoms with E-state index >= 15 is 0 Å². The van der Waals surface area contributed by atoms with E-state index in [4.69, 9.17) is 10.8 Å². The molecular formula is C14H25ClN2O3. The number of halogens is 1. The highest BCUT2D eigenvalue weighted by atomic mass is 35.5. The van der Waals surface area contributed by atoms with Gasteiger partial charge in [-0.15, -0.1) is 12.4 Å². The second kappa shape index (κ2) is 7.84. The summed E-state index contributed by atoms with van der Waals surface area (Å²) in [5, 5.41) is 9.10. The molecule has 1 heterocycles. The Hall–Kier alpha value is -0.810. The van der Waals surface area contributed by atoms with Crippen molar-refractivity contribution in [3.05, 3.63) is 0 Å². The van der Waals surface area contributed by atoms with Gasteiger partial charge in [0, 0.05) is 6.54 Å². The molecular weight excluding hydrogens is 280 g/mol. The Morgan fingerprint density at radius 3 is 2.40 bits per heavy atom. The molecule has 2 atom stereocenters. The smallest absolute Gasteiger partial charge is 0.326 e. The van der Waals surface area contributed by atoms with Gasteiger partial charge in [0.15, 0.2) is 0 Å². The van der Waals surface area contributed by atoms with Crippen LogP contribution in [-0.4, -0.2) is 40.5 Å². The number of carbonyl (C=O) groups is 2. The quantitative estimate of drug-likeness (QED) is 0.829. The van der Waals surface area contributed by atoms with Gasteiger partial charge in [0.2, 0.25) is 5.91 Å². The molecule has 1 aliphatic heterocycles. The van der Waals surface area contributed by atoms with Gasteiger partial charge in [0.1, 0.15) is 6.04 Å². The highest BCUT2D eigenvalue weighted by molar-refractivity contribution is 5.87. The number of carboxylic acid groups (broad SMARTS) is 1. The van der Waals surface area contributed by atoms with Crippen molar-refractivity contribution in [1.29, 1.82) is 0 Å². The molecule has 0 radical (unpaired) electrons. The van der Waals surface area contributed by atoms with Gasteiger partial charge in [-0.1, -0.05) is 32.1 Å². The number of amides is 1. The van der Waals surface area contributed by atoms with Gasteiger partial charge in [-0.2, -0.15) is 0 Å². The standard InChI is InChI=1S/C14H24N2O3.ClH/c15-11(9-10-5-2-1-3-6-10)13(17)16-8-4-7-12(16)14(18)19;/h10-12H,1-9,15H2,(H,18,19);1H/t11-,12+;/m1./s1. The van der Waals surface area contributed by atoms with Gasteiger partial charge >= 0.3 is 5.97 Å². The fraction of sp³-hybridized carbons (Fsp3) is 0.857. The molecule has 0 bridgehead atoms. The average molecular weight is 305 g/mol. The van der Waals surface area contributed by atoms with Crippen LogP contribution in [0, 0.1) is 5.92 Å². The third-order valence-corrected chi connectivity index (χ3v) is 4.45. The molecule has 2 rings (SSSR count). The second-order valence-electron chi connectivity index (χ2n) is 5.87. The Balaban J connectivity index is 0.00000200. The summed E-state index contributed by atoms with van der Waals surface area (Å²) < 4.78 is 0. The molecule has 0 spiro atoms. The molecule has 116 valence electrons. The molecule has 1 amide bonds. The van der Waals surface area contributed by atoms with Crippen molar-refractivity contribution < 1.29 is 14.7 Å². The molecule has 1 aliphatic carbocycles. The highest BCUT2D eigenvalue weighted by Gasteiger charge is 2.36. The lowest BCUT2D eigenvalue weighted by Gasteiger charge is -2.28. The zero-order chi connectivity index (χ0) is 13.8. The van der Waals surface area contributed by atoms with E-state index in [0.717, 1.165) is 19.3 Å². The number of rotatable bonds is 4. The fourth-order valence-corrected chi connectivity index (χ4v) is 3.38. The number of hydrogen-bond acceptors (Lipinski definition) is 3. The van der Waals surface area contributed by atoms with Crippen molar-refractivity contribution in [2.75, 3.05) is 6.54 Å². The van der Waals surface area contributed by atoms with Gasteiger partial charge in [-0.3, -0.25) is 4.79 Å². The van der Waals surface area contributed by atoms with Crippen LogP contribution in [0.25, 0.3) is 0 Å². The monoisotopic (exact) mass is 304 g/mol. The summed E-state index contributed by atoms with van der Waals surface area (Å²) in [6.45, 7) is 0.536. The number of nitrogens with zero attached hydrogens (tertiary/aromatic N) is 1.